The Morgan fingerprint density at radius 1 is 1.19 bits per heavy atom. The number of benzene rings is 1. The smallest absolute Gasteiger partial charge is 0.331 e. The maximum Gasteiger partial charge on any atom is 0.331 e. The molecule has 1 N–H and O–H groups in total. The van der Waals surface area contributed by atoms with E-state index < -0.39 is 17.8 Å². The van der Waals surface area contributed by atoms with E-state index in [1.54, 1.807) is 25.1 Å². The molecular formula is C21H23N3O7. The van der Waals surface area contributed by atoms with Crippen molar-refractivity contribution in [1.29, 1.82) is 0 Å². The van der Waals surface area contributed by atoms with E-state index in [4.69, 9.17) is 14.2 Å². The van der Waals surface area contributed by atoms with Crippen LogP contribution in [-0.2, 0) is 25.7 Å². The van der Waals surface area contributed by atoms with Crippen molar-refractivity contribution in [3.63, 3.8) is 0 Å². The highest BCUT2D eigenvalue weighted by molar-refractivity contribution is 6.28. The fourth-order valence-electron chi connectivity index (χ4n) is 3.75. The summed E-state index contributed by atoms with van der Waals surface area (Å²) in [5.74, 6) is -0.668. The number of esters is 1. The van der Waals surface area contributed by atoms with Crippen molar-refractivity contribution < 1.29 is 33.4 Å². The largest absolute Gasteiger partial charge is 0.466 e. The Hall–Kier alpha value is -3.56. The number of barbiturate groups is 1. The molecule has 164 valence electrons. The molecule has 0 saturated carbocycles. The van der Waals surface area contributed by atoms with E-state index >= 15 is 0 Å². The quantitative estimate of drug-likeness (QED) is 0.421. The van der Waals surface area contributed by atoms with E-state index in [2.05, 4.69) is 5.32 Å². The monoisotopic (exact) mass is 429 g/mol. The van der Waals surface area contributed by atoms with E-state index in [-0.39, 0.29) is 30.8 Å². The van der Waals surface area contributed by atoms with Crippen LogP contribution < -0.4 is 14.8 Å². The number of likely N-dealkylation sites (tertiary alicyclic amines) is 1. The summed E-state index contributed by atoms with van der Waals surface area (Å²) in [6.07, 6.45) is 2.61. The molecule has 0 radical (unpaired) electrons. The van der Waals surface area contributed by atoms with Crippen LogP contribution in [-0.4, -0.2) is 60.1 Å². The molecule has 0 aliphatic carbocycles. The zero-order valence-corrected chi connectivity index (χ0v) is 17.1. The number of hydrogen-bond donors (Lipinski definition) is 1. The maximum absolute atomic E-state index is 12.9. The molecule has 0 bridgehead atoms. The Kier molecular flexibility index (Phi) is 5.79. The first kappa shape index (κ1) is 20.7. The van der Waals surface area contributed by atoms with Crippen molar-refractivity contribution in [2.75, 3.05) is 26.5 Å². The number of nitrogens with zero attached hydrogens (tertiary/aromatic N) is 2. The first-order valence-electron chi connectivity index (χ1n) is 10.1. The lowest BCUT2D eigenvalue weighted by Gasteiger charge is -2.32. The van der Waals surface area contributed by atoms with E-state index in [0.717, 1.165) is 4.90 Å². The van der Waals surface area contributed by atoms with Gasteiger partial charge in [0.2, 0.25) is 6.79 Å². The second kappa shape index (κ2) is 8.66. The van der Waals surface area contributed by atoms with Crippen molar-refractivity contribution >= 4 is 23.8 Å². The van der Waals surface area contributed by atoms with Gasteiger partial charge in [-0.1, -0.05) is 6.07 Å². The lowest BCUT2D eigenvalue weighted by molar-refractivity contribution is -0.149. The highest BCUT2D eigenvalue weighted by atomic mass is 16.7. The molecule has 10 nitrogen and oxygen atoms in total. The van der Waals surface area contributed by atoms with Crippen LogP contribution in [0.4, 0.5) is 4.79 Å². The lowest BCUT2D eigenvalue weighted by atomic mass is 9.97. The molecule has 3 aliphatic heterocycles. The Morgan fingerprint density at radius 3 is 2.68 bits per heavy atom. The first-order valence-corrected chi connectivity index (χ1v) is 10.1. The third-order valence-corrected chi connectivity index (χ3v) is 5.42. The van der Waals surface area contributed by atoms with Gasteiger partial charge in [-0.15, -0.1) is 0 Å². The number of urea groups is 1. The van der Waals surface area contributed by atoms with Crippen molar-refractivity contribution in [2.24, 2.45) is 5.92 Å². The predicted octanol–water partition coefficient (Wildman–Crippen LogP) is 1.15. The van der Waals surface area contributed by atoms with Crippen molar-refractivity contribution in [3.8, 4) is 11.5 Å². The minimum absolute atomic E-state index is 0.0170. The zero-order chi connectivity index (χ0) is 22.0. The fraction of sp³-hybridized carbons (Fsp3) is 0.429. The summed E-state index contributed by atoms with van der Waals surface area (Å²) < 4.78 is 15.7. The molecule has 31 heavy (non-hydrogen) atoms. The molecule has 2 saturated heterocycles. The van der Waals surface area contributed by atoms with Crippen LogP contribution in [0, 0.1) is 5.92 Å². The third kappa shape index (κ3) is 4.32. The van der Waals surface area contributed by atoms with Crippen LogP contribution in [0.1, 0.15) is 25.3 Å². The van der Waals surface area contributed by atoms with E-state index in [1.165, 1.54) is 6.20 Å². The molecule has 10 heteroatoms. The Labute approximate surface area is 178 Å². The molecule has 1 aromatic rings. The molecule has 0 spiro atoms. The van der Waals surface area contributed by atoms with Gasteiger partial charge in [-0.25, -0.2) is 4.79 Å². The second-order valence-electron chi connectivity index (χ2n) is 7.44. The summed E-state index contributed by atoms with van der Waals surface area (Å²) in [4.78, 5) is 52.2. The number of rotatable bonds is 5. The Balaban J connectivity index is 1.45. The normalized spacial score (nSPS) is 20.3. The van der Waals surface area contributed by atoms with Crippen LogP contribution in [0.5, 0.6) is 11.5 Å². The molecule has 0 unspecified atom stereocenters. The molecule has 0 atom stereocenters. The molecule has 0 aromatic heterocycles. The molecule has 4 amide bonds. The van der Waals surface area contributed by atoms with Gasteiger partial charge >= 0.3 is 12.0 Å². The van der Waals surface area contributed by atoms with Crippen molar-refractivity contribution in [1.82, 2.24) is 15.1 Å². The SMILES string of the molecule is CCOC(=O)C1CCN(/C=C2\C(=O)NC(=O)N(Cc3ccc4c(c3)OCO4)C2=O)CC1. The zero-order valence-electron chi connectivity index (χ0n) is 17.1. The summed E-state index contributed by atoms with van der Waals surface area (Å²) >= 11 is 0. The number of carbonyl (C=O) groups excluding carboxylic acids is 4. The van der Waals surface area contributed by atoms with Crippen molar-refractivity contribution in [3.05, 3.63) is 35.5 Å². The van der Waals surface area contributed by atoms with E-state index in [0.29, 0.717) is 49.6 Å². The lowest BCUT2D eigenvalue weighted by Crippen LogP contribution is -2.54. The van der Waals surface area contributed by atoms with Gasteiger partial charge in [0, 0.05) is 19.3 Å². The summed E-state index contributed by atoms with van der Waals surface area (Å²) in [7, 11) is 0. The standard InChI is InChI=1S/C21H23N3O7/c1-2-29-20(27)14-5-7-23(8-6-14)11-15-18(25)22-21(28)24(19(15)26)10-13-3-4-16-17(9-13)31-12-30-16/h3-4,9,11,14H,2,5-8,10,12H2,1H3,(H,22,25,28)/b15-11+. The van der Waals surface area contributed by atoms with Gasteiger partial charge in [0.05, 0.1) is 19.1 Å². The molecule has 2 fully saturated rings. The summed E-state index contributed by atoms with van der Waals surface area (Å²) in [5.41, 5.74) is 0.548. The average Bonchev–Trinajstić information content (AvgIpc) is 3.22. The van der Waals surface area contributed by atoms with Gasteiger partial charge in [0.25, 0.3) is 11.8 Å². The van der Waals surface area contributed by atoms with Gasteiger partial charge in [0.15, 0.2) is 11.5 Å². The average molecular weight is 429 g/mol. The van der Waals surface area contributed by atoms with Gasteiger partial charge < -0.3 is 19.1 Å². The minimum atomic E-state index is -0.772. The molecule has 4 rings (SSSR count). The summed E-state index contributed by atoms with van der Waals surface area (Å²) in [6.45, 7) is 3.21. The molecule has 3 aliphatic rings. The first-order chi connectivity index (χ1) is 15.0. The third-order valence-electron chi connectivity index (χ3n) is 5.42. The number of ether oxygens (including phenoxy) is 3. The number of carbonyl (C=O) groups is 4. The number of piperidine rings is 1. The Morgan fingerprint density at radius 2 is 1.94 bits per heavy atom. The Bertz CT molecular complexity index is 950. The predicted molar refractivity (Wildman–Crippen MR) is 106 cm³/mol. The number of fused-ring (bicyclic) bond motifs is 1. The van der Waals surface area contributed by atoms with Crippen LogP contribution in [0.2, 0.25) is 0 Å². The number of nitrogens with one attached hydrogen (secondary N) is 1. The van der Waals surface area contributed by atoms with Gasteiger partial charge in [-0.05, 0) is 37.5 Å². The fourth-order valence-corrected chi connectivity index (χ4v) is 3.75. The number of hydrogen-bond acceptors (Lipinski definition) is 8. The van der Waals surface area contributed by atoms with Gasteiger partial charge in [-0.3, -0.25) is 24.6 Å². The second-order valence-corrected chi connectivity index (χ2v) is 7.44. The van der Waals surface area contributed by atoms with Crippen LogP contribution in [0.3, 0.4) is 0 Å². The topological polar surface area (TPSA) is 114 Å². The van der Waals surface area contributed by atoms with Gasteiger partial charge in [0.1, 0.15) is 5.57 Å². The molecular weight excluding hydrogens is 406 g/mol. The van der Waals surface area contributed by atoms with E-state index in [9.17, 15) is 19.2 Å². The highest BCUT2D eigenvalue weighted by Crippen LogP contribution is 2.33. The van der Waals surface area contributed by atoms with Gasteiger partial charge in [-0.2, -0.15) is 0 Å². The molecule has 1 aromatic carbocycles. The maximum atomic E-state index is 12.9. The van der Waals surface area contributed by atoms with Crippen molar-refractivity contribution in [2.45, 2.75) is 26.3 Å². The summed E-state index contributed by atoms with van der Waals surface area (Å²) in [5, 5.41) is 2.22. The highest BCUT2D eigenvalue weighted by Gasteiger charge is 2.37. The van der Waals surface area contributed by atoms with E-state index in [1.807, 2.05) is 4.90 Å². The number of amides is 4. The molecule has 3 heterocycles. The van der Waals surface area contributed by atoms with Crippen LogP contribution >= 0.6 is 0 Å². The minimum Gasteiger partial charge on any atom is -0.466 e. The summed E-state index contributed by atoms with van der Waals surface area (Å²) in [6, 6.07) is 4.36. The number of imide groups is 2. The van der Waals surface area contributed by atoms with Crippen LogP contribution in [0.15, 0.2) is 30.0 Å². The van der Waals surface area contributed by atoms with Crippen LogP contribution in [0.25, 0.3) is 0 Å².